The molecule has 0 bridgehead atoms. The SMILES string of the molecule is COc1cc([N+](=O)[O-])ccc1NC(=O)COC(=O)c1scnc1C. The molecule has 1 N–H and O–H groups in total. The fourth-order valence-corrected chi connectivity index (χ4v) is 2.47. The van der Waals surface area contributed by atoms with Crippen LogP contribution in [-0.4, -0.2) is 35.5 Å². The van der Waals surface area contributed by atoms with Crippen LogP contribution in [0.1, 0.15) is 15.4 Å². The molecule has 1 aromatic heterocycles. The highest BCUT2D eigenvalue weighted by atomic mass is 32.1. The number of nitrogens with one attached hydrogen (secondary N) is 1. The van der Waals surface area contributed by atoms with Gasteiger partial charge in [0.1, 0.15) is 10.6 Å². The van der Waals surface area contributed by atoms with Gasteiger partial charge in [0, 0.05) is 6.07 Å². The number of aryl methyl sites for hydroxylation is 1. The molecule has 2 rings (SSSR count). The van der Waals surface area contributed by atoms with Crippen molar-refractivity contribution in [1.82, 2.24) is 4.98 Å². The Kier molecular flexibility index (Phi) is 5.42. The van der Waals surface area contributed by atoms with Crippen molar-refractivity contribution >= 4 is 34.6 Å². The summed E-state index contributed by atoms with van der Waals surface area (Å²) in [4.78, 5) is 38.1. The van der Waals surface area contributed by atoms with Gasteiger partial charge in [0.25, 0.3) is 11.6 Å². The summed E-state index contributed by atoms with van der Waals surface area (Å²) < 4.78 is 9.91. The summed E-state index contributed by atoms with van der Waals surface area (Å²) in [6.07, 6.45) is 0. The van der Waals surface area contributed by atoms with Crippen LogP contribution in [0.4, 0.5) is 11.4 Å². The van der Waals surface area contributed by atoms with Crippen molar-refractivity contribution in [3.8, 4) is 5.75 Å². The molecule has 1 amide bonds. The van der Waals surface area contributed by atoms with E-state index in [1.807, 2.05) is 0 Å². The molecule has 0 atom stereocenters. The molecule has 0 saturated carbocycles. The molecular weight excluding hydrogens is 338 g/mol. The van der Waals surface area contributed by atoms with E-state index < -0.39 is 23.4 Å². The largest absolute Gasteiger partial charge is 0.494 e. The van der Waals surface area contributed by atoms with Crippen LogP contribution in [0.25, 0.3) is 0 Å². The first-order valence-corrected chi connectivity index (χ1v) is 7.50. The second kappa shape index (κ2) is 7.51. The number of nitrogens with zero attached hydrogens (tertiary/aromatic N) is 2. The number of rotatable bonds is 6. The van der Waals surface area contributed by atoms with Gasteiger partial charge in [0.2, 0.25) is 0 Å². The lowest BCUT2D eigenvalue weighted by atomic mass is 10.2. The van der Waals surface area contributed by atoms with Crippen molar-refractivity contribution in [3.05, 3.63) is 44.4 Å². The average Bonchev–Trinajstić information content (AvgIpc) is 2.99. The minimum absolute atomic E-state index is 0.127. The van der Waals surface area contributed by atoms with Gasteiger partial charge in [-0.3, -0.25) is 14.9 Å². The number of ether oxygens (including phenoxy) is 2. The topological polar surface area (TPSA) is 121 Å². The van der Waals surface area contributed by atoms with Crippen molar-refractivity contribution in [2.45, 2.75) is 6.92 Å². The van der Waals surface area contributed by atoms with E-state index >= 15 is 0 Å². The number of thiazole rings is 1. The molecule has 9 nitrogen and oxygen atoms in total. The fourth-order valence-electron chi connectivity index (χ4n) is 1.78. The first-order valence-electron chi connectivity index (χ1n) is 6.62. The van der Waals surface area contributed by atoms with Crippen LogP contribution in [0.3, 0.4) is 0 Å². The Morgan fingerprint density at radius 3 is 2.75 bits per heavy atom. The Bertz CT molecular complexity index is 789. The first-order chi connectivity index (χ1) is 11.4. The number of benzene rings is 1. The van der Waals surface area contributed by atoms with E-state index in [9.17, 15) is 19.7 Å². The molecule has 0 saturated heterocycles. The molecule has 126 valence electrons. The van der Waals surface area contributed by atoms with Gasteiger partial charge in [-0.15, -0.1) is 11.3 Å². The Balaban J connectivity index is 1.98. The lowest BCUT2D eigenvalue weighted by Crippen LogP contribution is -2.21. The van der Waals surface area contributed by atoms with Crippen LogP contribution in [0.2, 0.25) is 0 Å². The number of hydrogen-bond acceptors (Lipinski definition) is 8. The third-order valence-corrected chi connectivity index (χ3v) is 3.84. The number of non-ortho nitro benzene ring substituents is 1. The quantitative estimate of drug-likeness (QED) is 0.481. The summed E-state index contributed by atoms with van der Waals surface area (Å²) in [5.74, 6) is -1.11. The molecule has 0 aliphatic rings. The number of hydrogen-bond donors (Lipinski definition) is 1. The van der Waals surface area contributed by atoms with Crippen LogP contribution in [0, 0.1) is 17.0 Å². The predicted octanol–water partition coefficient (Wildman–Crippen LogP) is 2.16. The van der Waals surface area contributed by atoms with Gasteiger partial charge in [0.15, 0.2) is 6.61 Å². The predicted molar refractivity (Wildman–Crippen MR) is 85.4 cm³/mol. The van der Waals surface area contributed by atoms with Crippen molar-refractivity contribution in [2.75, 3.05) is 19.0 Å². The van der Waals surface area contributed by atoms with Gasteiger partial charge >= 0.3 is 5.97 Å². The number of amides is 1. The fraction of sp³-hybridized carbons (Fsp3) is 0.214. The molecule has 0 unspecified atom stereocenters. The number of aromatic nitrogens is 1. The Hall–Kier alpha value is -3.01. The van der Waals surface area contributed by atoms with E-state index in [-0.39, 0.29) is 17.1 Å². The van der Waals surface area contributed by atoms with Crippen LogP contribution < -0.4 is 10.1 Å². The van der Waals surface area contributed by atoms with Crippen LogP contribution >= 0.6 is 11.3 Å². The van der Waals surface area contributed by atoms with Crippen LogP contribution in [-0.2, 0) is 9.53 Å². The maximum absolute atomic E-state index is 11.9. The highest BCUT2D eigenvalue weighted by molar-refractivity contribution is 7.11. The van der Waals surface area contributed by atoms with Gasteiger partial charge in [-0.05, 0) is 13.0 Å². The molecule has 0 radical (unpaired) electrons. The summed E-state index contributed by atoms with van der Waals surface area (Å²) in [5.41, 5.74) is 2.10. The summed E-state index contributed by atoms with van der Waals surface area (Å²) in [5, 5.41) is 13.2. The minimum atomic E-state index is -0.638. The maximum atomic E-state index is 11.9. The van der Waals surface area contributed by atoms with Crippen molar-refractivity contribution in [3.63, 3.8) is 0 Å². The number of nitro benzene ring substituents is 1. The van der Waals surface area contributed by atoms with Crippen molar-refractivity contribution in [1.29, 1.82) is 0 Å². The Morgan fingerprint density at radius 2 is 2.17 bits per heavy atom. The maximum Gasteiger partial charge on any atom is 0.350 e. The number of methoxy groups -OCH3 is 1. The Labute approximate surface area is 140 Å². The zero-order valence-electron chi connectivity index (χ0n) is 12.8. The molecular formula is C14H13N3O6S. The lowest BCUT2D eigenvalue weighted by molar-refractivity contribution is -0.384. The summed E-state index contributed by atoms with van der Waals surface area (Å²) in [7, 11) is 1.32. The van der Waals surface area contributed by atoms with Crippen molar-refractivity contribution < 1.29 is 24.0 Å². The standard InChI is InChI=1S/C14H13N3O6S/c1-8-13(24-7-15-8)14(19)23-6-12(18)16-10-4-3-9(17(20)21)5-11(10)22-2/h3-5,7H,6H2,1-2H3,(H,16,18). The number of carbonyl (C=O) groups is 2. The minimum Gasteiger partial charge on any atom is -0.494 e. The summed E-state index contributed by atoms with van der Waals surface area (Å²) in [6.45, 7) is 1.16. The third-order valence-electron chi connectivity index (χ3n) is 2.94. The third kappa shape index (κ3) is 4.04. The highest BCUT2D eigenvalue weighted by Crippen LogP contribution is 2.28. The van der Waals surface area contributed by atoms with E-state index in [2.05, 4.69) is 10.3 Å². The number of esters is 1. The van der Waals surface area contributed by atoms with Crippen molar-refractivity contribution in [2.24, 2.45) is 0 Å². The molecule has 1 aromatic carbocycles. The van der Waals surface area contributed by atoms with Gasteiger partial charge in [0.05, 0.1) is 35.0 Å². The van der Waals surface area contributed by atoms with E-state index in [0.717, 1.165) is 11.3 Å². The molecule has 24 heavy (non-hydrogen) atoms. The van der Waals surface area contributed by atoms with Gasteiger partial charge < -0.3 is 14.8 Å². The van der Waals surface area contributed by atoms with E-state index in [1.54, 1.807) is 6.92 Å². The summed E-state index contributed by atoms with van der Waals surface area (Å²) >= 11 is 1.12. The Morgan fingerprint density at radius 1 is 1.42 bits per heavy atom. The van der Waals surface area contributed by atoms with Gasteiger partial charge in [-0.2, -0.15) is 0 Å². The second-order valence-electron chi connectivity index (χ2n) is 4.53. The number of carbonyl (C=O) groups excluding carboxylic acids is 2. The molecule has 10 heteroatoms. The lowest BCUT2D eigenvalue weighted by Gasteiger charge is -2.10. The molecule has 1 heterocycles. The highest BCUT2D eigenvalue weighted by Gasteiger charge is 2.17. The molecule has 0 aliphatic carbocycles. The zero-order valence-corrected chi connectivity index (χ0v) is 13.6. The van der Waals surface area contributed by atoms with Crippen LogP contribution in [0.15, 0.2) is 23.7 Å². The van der Waals surface area contributed by atoms with Gasteiger partial charge in [-0.1, -0.05) is 0 Å². The molecule has 0 fully saturated rings. The second-order valence-corrected chi connectivity index (χ2v) is 5.39. The zero-order chi connectivity index (χ0) is 17.7. The first kappa shape index (κ1) is 17.3. The normalized spacial score (nSPS) is 10.1. The number of nitro groups is 1. The van der Waals surface area contributed by atoms with E-state index in [4.69, 9.17) is 9.47 Å². The van der Waals surface area contributed by atoms with Crippen LogP contribution in [0.5, 0.6) is 5.75 Å². The number of anilines is 1. The molecule has 0 aliphatic heterocycles. The molecule has 0 spiro atoms. The van der Waals surface area contributed by atoms with E-state index in [0.29, 0.717) is 10.6 Å². The summed E-state index contributed by atoms with van der Waals surface area (Å²) in [6, 6.07) is 3.75. The van der Waals surface area contributed by atoms with E-state index in [1.165, 1.54) is 30.8 Å². The smallest absolute Gasteiger partial charge is 0.350 e. The average molecular weight is 351 g/mol. The van der Waals surface area contributed by atoms with Gasteiger partial charge in [-0.25, -0.2) is 9.78 Å². The molecule has 2 aromatic rings. The monoisotopic (exact) mass is 351 g/mol.